The molecule has 1 aliphatic heterocycles. The largest absolute Gasteiger partial charge is 0.343 e. The van der Waals surface area contributed by atoms with Crippen LogP contribution < -0.4 is 5.32 Å². The van der Waals surface area contributed by atoms with E-state index in [1.165, 1.54) is 34.4 Å². The molecule has 0 aliphatic carbocycles. The van der Waals surface area contributed by atoms with Gasteiger partial charge in [0.1, 0.15) is 0 Å². The molecule has 1 N–H and O–H groups in total. The van der Waals surface area contributed by atoms with Crippen molar-refractivity contribution in [3.63, 3.8) is 0 Å². The molecule has 0 unspecified atom stereocenters. The van der Waals surface area contributed by atoms with Crippen LogP contribution in [-0.2, 0) is 14.8 Å². The number of benzene rings is 1. The molecular weight excluding hydrogens is 420 g/mol. The SMILES string of the molecule is O=C(NCC(=O)N1CCN(S(=O)(=O)c2ccccc2[N+](=O)[O-])CC1)c1ccsc1. The molecule has 2 heterocycles. The molecule has 0 spiro atoms. The third-order valence-corrected chi connectivity index (χ3v) is 7.08. The van der Waals surface area contributed by atoms with Crippen LogP contribution in [0.2, 0.25) is 0 Å². The lowest BCUT2D eigenvalue weighted by molar-refractivity contribution is -0.387. The molecule has 3 rings (SSSR count). The molecule has 0 radical (unpaired) electrons. The average molecular weight is 438 g/mol. The van der Waals surface area contributed by atoms with Crippen LogP contribution in [0.25, 0.3) is 0 Å². The van der Waals surface area contributed by atoms with E-state index in [2.05, 4.69) is 5.32 Å². The first-order valence-corrected chi connectivity index (χ1v) is 11.0. The summed E-state index contributed by atoms with van der Waals surface area (Å²) in [6, 6.07) is 6.82. The summed E-state index contributed by atoms with van der Waals surface area (Å²) in [4.78, 5) is 35.7. The minimum atomic E-state index is -4.06. The normalized spacial score (nSPS) is 15.1. The van der Waals surface area contributed by atoms with Gasteiger partial charge >= 0.3 is 0 Å². The highest BCUT2D eigenvalue weighted by molar-refractivity contribution is 7.89. The smallest absolute Gasteiger partial charge is 0.289 e. The fourth-order valence-corrected chi connectivity index (χ4v) is 5.12. The number of sulfonamides is 1. The van der Waals surface area contributed by atoms with E-state index in [1.54, 1.807) is 16.8 Å². The lowest BCUT2D eigenvalue weighted by Crippen LogP contribution is -2.52. The van der Waals surface area contributed by atoms with E-state index in [0.717, 1.165) is 10.4 Å². The summed E-state index contributed by atoms with van der Waals surface area (Å²) in [7, 11) is -4.06. The quantitative estimate of drug-likeness (QED) is 0.527. The number of rotatable bonds is 6. The highest BCUT2D eigenvalue weighted by Gasteiger charge is 2.34. The lowest BCUT2D eigenvalue weighted by atomic mass is 10.3. The summed E-state index contributed by atoms with van der Waals surface area (Å²) in [5.41, 5.74) is -0.00897. The second-order valence-corrected chi connectivity index (χ2v) is 8.89. The molecule has 2 aromatic rings. The highest BCUT2D eigenvalue weighted by atomic mass is 32.2. The first-order valence-electron chi connectivity index (χ1n) is 8.62. The maximum Gasteiger partial charge on any atom is 0.289 e. The number of carbonyl (C=O) groups is 2. The van der Waals surface area contributed by atoms with Crippen LogP contribution in [0.5, 0.6) is 0 Å². The highest BCUT2D eigenvalue weighted by Crippen LogP contribution is 2.26. The second-order valence-electron chi connectivity index (χ2n) is 6.20. The van der Waals surface area contributed by atoms with Crippen molar-refractivity contribution in [3.8, 4) is 0 Å². The number of para-hydroxylation sites is 1. The summed E-state index contributed by atoms with van der Waals surface area (Å²) in [5, 5.41) is 17.1. The van der Waals surface area contributed by atoms with Crippen LogP contribution in [0.15, 0.2) is 46.0 Å². The van der Waals surface area contributed by atoms with Crippen molar-refractivity contribution in [2.45, 2.75) is 4.90 Å². The predicted octanol–water partition coefficient (Wildman–Crippen LogP) is 0.919. The molecular formula is C17H18N4O6S2. The number of hydrogen-bond donors (Lipinski definition) is 1. The van der Waals surface area contributed by atoms with Gasteiger partial charge in [-0.15, -0.1) is 0 Å². The van der Waals surface area contributed by atoms with Gasteiger partial charge in [-0.25, -0.2) is 8.42 Å². The molecule has 10 nitrogen and oxygen atoms in total. The fraction of sp³-hybridized carbons (Fsp3) is 0.294. The Morgan fingerprint density at radius 2 is 1.83 bits per heavy atom. The summed E-state index contributed by atoms with van der Waals surface area (Å²) in [6.45, 7) is 0.100. The third kappa shape index (κ3) is 4.60. The number of nitrogens with one attached hydrogen (secondary N) is 1. The van der Waals surface area contributed by atoms with Crippen molar-refractivity contribution < 1.29 is 22.9 Å². The lowest BCUT2D eigenvalue weighted by Gasteiger charge is -2.34. The van der Waals surface area contributed by atoms with Crippen LogP contribution in [0.3, 0.4) is 0 Å². The fourth-order valence-electron chi connectivity index (χ4n) is 2.91. The Labute approximate surface area is 170 Å². The van der Waals surface area contributed by atoms with E-state index < -0.39 is 20.6 Å². The number of nitrogens with zero attached hydrogens (tertiary/aromatic N) is 3. The van der Waals surface area contributed by atoms with E-state index in [9.17, 15) is 28.1 Å². The zero-order valence-corrected chi connectivity index (χ0v) is 16.8. The Kier molecular flexibility index (Phi) is 6.25. The van der Waals surface area contributed by atoms with E-state index in [4.69, 9.17) is 0 Å². The van der Waals surface area contributed by atoms with Gasteiger partial charge in [0.05, 0.1) is 11.5 Å². The second kappa shape index (κ2) is 8.68. The molecule has 1 fully saturated rings. The number of hydrogen-bond acceptors (Lipinski definition) is 7. The monoisotopic (exact) mass is 438 g/mol. The van der Waals surface area contributed by atoms with E-state index in [-0.39, 0.29) is 49.4 Å². The minimum Gasteiger partial charge on any atom is -0.343 e. The van der Waals surface area contributed by atoms with Gasteiger partial charge in [-0.2, -0.15) is 15.6 Å². The molecule has 1 saturated heterocycles. The van der Waals surface area contributed by atoms with Gasteiger partial charge in [-0.1, -0.05) is 12.1 Å². The van der Waals surface area contributed by atoms with Crippen LogP contribution in [-0.4, -0.2) is 67.1 Å². The molecule has 12 heteroatoms. The zero-order chi connectivity index (χ0) is 21.0. The standard InChI is InChI=1S/C17H18N4O6S2/c22-16(11-18-17(23)13-5-10-28-12-13)19-6-8-20(9-7-19)29(26,27)15-4-2-1-3-14(15)21(24)25/h1-5,10,12H,6-9,11H2,(H,18,23). The Bertz CT molecular complexity index is 1010. The van der Waals surface area contributed by atoms with Gasteiger partial charge in [0.15, 0.2) is 4.90 Å². The van der Waals surface area contributed by atoms with Crippen LogP contribution in [0.4, 0.5) is 5.69 Å². The molecule has 1 aromatic heterocycles. The molecule has 154 valence electrons. The van der Waals surface area contributed by atoms with Crippen molar-refractivity contribution in [1.29, 1.82) is 0 Å². The van der Waals surface area contributed by atoms with Crippen molar-refractivity contribution in [3.05, 3.63) is 56.8 Å². The van der Waals surface area contributed by atoms with Gasteiger partial charge in [-0.05, 0) is 17.5 Å². The Hall–Kier alpha value is -2.83. The molecule has 0 atom stereocenters. The van der Waals surface area contributed by atoms with Crippen molar-refractivity contribution in [1.82, 2.24) is 14.5 Å². The van der Waals surface area contributed by atoms with Crippen LogP contribution in [0, 0.1) is 10.1 Å². The summed E-state index contributed by atoms with van der Waals surface area (Å²) in [5.74, 6) is -0.673. The van der Waals surface area contributed by atoms with E-state index in [0.29, 0.717) is 5.56 Å². The van der Waals surface area contributed by atoms with Gasteiger partial charge in [0.2, 0.25) is 15.9 Å². The Morgan fingerprint density at radius 3 is 2.45 bits per heavy atom. The Morgan fingerprint density at radius 1 is 1.14 bits per heavy atom. The number of amides is 2. The average Bonchev–Trinajstić information content (AvgIpc) is 3.27. The summed E-state index contributed by atoms with van der Waals surface area (Å²) < 4.78 is 26.7. The molecule has 2 amide bonds. The maximum atomic E-state index is 12.8. The van der Waals surface area contributed by atoms with E-state index >= 15 is 0 Å². The number of nitro groups is 1. The molecule has 29 heavy (non-hydrogen) atoms. The summed E-state index contributed by atoms with van der Waals surface area (Å²) >= 11 is 1.37. The van der Waals surface area contributed by atoms with Crippen LogP contribution >= 0.6 is 11.3 Å². The first-order chi connectivity index (χ1) is 13.8. The Balaban J connectivity index is 1.59. The molecule has 1 aliphatic rings. The van der Waals surface area contributed by atoms with Crippen molar-refractivity contribution >= 4 is 38.9 Å². The summed E-state index contributed by atoms with van der Waals surface area (Å²) in [6.07, 6.45) is 0. The van der Waals surface area contributed by atoms with Gasteiger partial charge in [-0.3, -0.25) is 19.7 Å². The van der Waals surface area contributed by atoms with Crippen molar-refractivity contribution in [2.75, 3.05) is 32.7 Å². The van der Waals surface area contributed by atoms with Gasteiger partial charge < -0.3 is 10.2 Å². The van der Waals surface area contributed by atoms with E-state index in [1.807, 2.05) is 0 Å². The maximum absolute atomic E-state index is 12.8. The third-order valence-electron chi connectivity index (χ3n) is 4.45. The minimum absolute atomic E-state index is 0.0125. The predicted molar refractivity (Wildman–Crippen MR) is 105 cm³/mol. The number of thiophene rings is 1. The van der Waals surface area contributed by atoms with Gasteiger partial charge in [0, 0.05) is 43.2 Å². The van der Waals surface area contributed by atoms with Gasteiger partial charge in [0.25, 0.3) is 11.6 Å². The molecule has 0 saturated carbocycles. The number of piperazine rings is 1. The molecule has 0 bridgehead atoms. The van der Waals surface area contributed by atoms with Crippen LogP contribution in [0.1, 0.15) is 10.4 Å². The number of nitro benzene ring substituents is 1. The topological polar surface area (TPSA) is 130 Å². The zero-order valence-electron chi connectivity index (χ0n) is 15.2. The number of carbonyl (C=O) groups excluding carboxylic acids is 2. The first kappa shape index (κ1) is 20.9. The van der Waals surface area contributed by atoms with Crippen molar-refractivity contribution in [2.24, 2.45) is 0 Å². The molecule has 1 aromatic carbocycles.